The Hall–Kier alpha value is -2.54. The summed E-state index contributed by atoms with van der Waals surface area (Å²) in [5.41, 5.74) is 0.471. The van der Waals surface area contributed by atoms with Crippen molar-refractivity contribution in [2.45, 2.75) is 0 Å². The number of thiazole rings is 1. The summed E-state index contributed by atoms with van der Waals surface area (Å²) in [6.45, 7) is 0. The van der Waals surface area contributed by atoms with Gasteiger partial charge in [0.25, 0.3) is 5.56 Å². The Kier molecular flexibility index (Phi) is 3.03. The van der Waals surface area contributed by atoms with Crippen molar-refractivity contribution < 1.29 is 9.53 Å². The van der Waals surface area contributed by atoms with Crippen LogP contribution in [0.2, 0.25) is 0 Å². The summed E-state index contributed by atoms with van der Waals surface area (Å²) in [5, 5.41) is 7.99. The molecule has 3 rings (SSSR count). The SMILES string of the molecule is COC(=O)/C=c1/sc2nnc(-c3ccccc3)n2c1=O. The van der Waals surface area contributed by atoms with E-state index in [0.29, 0.717) is 10.8 Å². The molecule has 0 aliphatic rings. The van der Waals surface area contributed by atoms with Crippen LogP contribution in [0.5, 0.6) is 0 Å². The highest BCUT2D eigenvalue weighted by Crippen LogP contribution is 2.16. The second kappa shape index (κ2) is 4.86. The molecule has 0 atom stereocenters. The van der Waals surface area contributed by atoms with Crippen molar-refractivity contribution in [1.29, 1.82) is 0 Å². The number of benzene rings is 1. The van der Waals surface area contributed by atoms with Crippen LogP contribution in [0.15, 0.2) is 35.1 Å². The molecule has 0 radical (unpaired) electrons. The number of carbonyl (C=O) groups is 1. The zero-order valence-electron chi connectivity index (χ0n) is 10.4. The third-order valence-corrected chi connectivity index (χ3v) is 3.69. The van der Waals surface area contributed by atoms with Gasteiger partial charge in [-0.3, -0.25) is 4.79 Å². The lowest BCUT2D eigenvalue weighted by atomic mass is 10.2. The quantitative estimate of drug-likeness (QED) is 0.641. The van der Waals surface area contributed by atoms with Gasteiger partial charge in [0.15, 0.2) is 5.82 Å². The zero-order chi connectivity index (χ0) is 14.1. The van der Waals surface area contributed by atoms with E-state index in [4.69, 9.17) is 0 Å². The largest absolute Gasteiger partial charge is 0.466 e. The Morgan fingerprint density at radius 3 is 2.75 bits per heavy atom. The Balaban J connectivity index is 2.26. The highest BCUT2D eigenvalue weighted by atomic mass is 32.1. The molecule has 0 saturated heterocycles. The Bertz CT molecular complexity index is 883. The molecule has 7 heteroatoms. The van der Waals surface area contributed by atoms with E-state index in [0.717, 1.165) is 23.0 Å². The van der Waals surface area contributed by atoms with Gasteiger partial charge in [-0.05, 0) is 0 Å². The summed E-state index contributed by atoms with van der Waals surface area (Å²) < 4.78 is 6.20. The first kappa shape index (κ1) is 12.5. The normalized spacial score (nSPS) is 11.9. The molecule has 0 bridgehead atoms. The van der Waals surface area contributed by atoms with Crippen molar-refractivity contribution in [2.24, 2.45) is 0 Å². The number of hydrogen-bond donors (Lipinski definition) is 0. The molecule has 0 unspecified atom stereocenters. The molecule has 0 fully saturated rings. The van der Waals surface area contributed by atoms with Crippen LogP contribution in [-0.4, -0.2) is 27.7 Å². The molecule has 100 valence electrons. The maximum Gasteiger partial charge on any atom is 0.332 e. The molecule has 0 amide bonds. The monoisotopic (exact) mass is 287 g/mol. The van der Waals surface area contributed by atoms with Crippen LogP contribution in [0, 0.1) is 0 Å². The van der Waals surface area contributed by atoms with Gasteiger partial charge in [0.1, 0.15) is 4.53 Å². The molecule has 1 aromatic carbocycles. The molecule has 2 aromatic heterocycles. The molecule has 2 heterocycles. The number of esters is 1. The standard InChI is InChI=1S/C13H9N3O3S/c1-19-10(17)7-9-12(18)16-11(14-15-13(16)20-9)8-5-3-2-4-6-8/h2-7H,1H3/b9-7+. The van der Waals surface area contributed by atoms with Crippen LogP contribution < -0.4 is 10.1 Å². The number of nitrogens with zero attached hydrogens (tertiary/aromatic N) is 3. The van der Waals surface area contributed by atoms with E-state index in [2.05, 4.69) is 14.9 Å². The number of methoxy groups -OCH3 is 1. The van der Waals surface area contributed by atoms with Gasteiger partial charge in [-0.2, -0.15) is 0 Å². The first-order valence-corrected chi connectivity index (χ1v) is 6.55. The van der Waals surface area contributed by atoms with Gasteiger partial charge in [0.05, 0.1) is 7.11 Å². The number of rotatable bonds is 2. The van der Waals surface area contributed by atoms with Crippen molar-refractivity contribution in [3.63, 3.8) is 0 Å². The molecule has 20 heavy (non-hydrogen) atoms. The molecule has 0 N–H and O–H groups in total. The summed E-state index contributed by atoms with van der Waals surface area (Å²) in [6, 6.07) is 9.28. The highest BCUT2D eigenvalue weighted by molar-refractivity contribution is 7.15. The fraction of sp³-hybridized carbons (Fsp3) is 0.0769. The molecular formula is C13H9N3O3S. The lowest BCUT2D eigenvalue weighted by Gasteiger charge is -1.94. The van der Waals surface area contributed by atoms with E-state index >= 15 is 0 Å². The lowest BCUT2D eigenvalue weighted by molar-refractivity contribution is -0.133. The third-order valence-electron chi connectivity index (χ3n) is 2.73. The summed E-state index contributed by atoms with van der Waals surface area (Å²) >= 11 is 1.10. The van der Waals surface area contributed by atoms with Gasteiger partial charge in [-0.15, -0.1) is 10.2 Å². The summed E-state index contributed by atoms with van der Waals surface area (Å²) in [5.74, 6) is -0.104. The average Bonchev–Trinajstić information content (AvgIpc) is 3.01. The first-order valence-electron chi connectivity index (χ1n) is 5.73. The van der Waals surface area contributed by atoms with E-state index in [1.807, 2.05) is 30.3 Å². The van der Waals surface area contributed by atoms with Crippen molar-refractivity contribution in [3.05, 3.63) is 45.2 Å². The summed E-state index contributed by atoms with van der Waals surface area (Å²) in [4.78, 5) is 24.0. The average molecular weight is 287 g/mol. The maximum absolute atomic E-state index is 12.3. The number of aromatic nitrogens is 3. The second-order valence-electron chi connectivity index (χ2n) is 3.95. The van der Waals surface area contributed by atoms with E-state index in [-0.39, 0.29) is 10.1 Å². The smallest absolute Gasteiger partial charge is 0.332 e. The predicted octanol–water partition coefficient (Wildman–Crippen LogP) is 0.490. The zero-order valence-corrected chi connectivity index (χ0v) is 11.3. The van der Waals surface area contributed by atoms with Crippen LogP contribution in [0.3, 0.4) is 0 Å². The van der Waals surface area contributed by atoms with Gasteiger partial charge in [0, 0.05) is 11.6 Å². The minimum atomic E-state index is -0.569. The maximum atomic E-state index is 12.3. The fourth-order valence-corrected chi connectivity index (χ4v) is 2.68. The van der Waals surface area contributed by atoms with Crippen molar-refractivity contribution >= 4 is 28.3 Å². The number of carbonyl (C=O) groups excluding carboxylic acids is 1. The Morgan fingerprint density at radius 2 is 2.05 bits per heavy atom. The first-order chi connectivity index (χ1) is 9.70. The van der Waals surface area contributed by atoms with Crippen LogP contribution in [-0.2, 0) is 9.53 Å². The van der Waals surface area contributed by atoms with Crippen molar-refractivity contribution in [1.82, 2.24) is 14.6 Å². The van der Waals surface area contributed by atoms with Gasteiger partial charge < -0.3 is 4.74 Å². The minimum Gasteiger partial charge on any atom is -0.466 e. The second-order valence-corrected chi connectivity index (χ2v) is 4.96. The van der Waals surface area contributed by atoms with Crippen molar-refractivity contribution in [2.75, 3.05) is 7.11 Å². The molecule has 6 nitrogen and oxygen atoms in total. The van der Waals surface area contributed by atoms with E-state index in [9.17, 15) is 9.59 Å². The van der Waals surface area contributed by atoms with E-state index in [1.54, 1.807) is 0 Å². The predicted molar refractivity (Wildman–Crippen MR) is 74.3 cm³/mol. The minimum absolute atomic E-state index is 0.277. The van der Waals surface area contributed by atoms with E-state index in [1.165, 1.54) is 11.5 Å². The lowest BCUT2D eigenvalue weighted by Crippen LogP contribution is -2.24. The summed E-state index contributed by atoms with van der Waals surface area (Å²) in [7, 11) is 1.26. The fourth-order valence-electron chi connectivity index (χ4n) is 1.80. The van der Waals surface area contributed by atoms with Gasteiger partial charge in [0.2, 0.25) is 4.96 Å². The third kappa shape index (κ3) is 1.97. The van der Waals surface area contributed by atoms with Crippen LogP contribution in [0.25, 0.3) is 22.4 Å². The number of fused-ring (bicyclic) bond motifs is 1. The molecule has 3 aromatic rings. The van der Waals surface area contributed by atoms with Crippen LogP contribution in [0.4, 0.5) is 0 Å². The van der Waals surface area contributed by atoms with Crippen LogP contribution >= 0.6 is 11.3 Å². The molecule has 0 spiro atoms. The number of ether oxygens (including phenoxy) is 1. The molecular weight excluding hydrogens is 278 g/mol. The molecule has 0 aliphatic heterocycles. The van der Waals surface area contributed by atoms with Gasteiger partial charge in [-0.1, -0.05) is 41.7 Å². The van der Waals surface area contributed by atoms with Gasteiger partial charge in [-0.25, -0.2) is 9.20 Å². The Labute approximate surface area is 116 Å². The van der Waals surface area contributed by atoms with E-state index < -0.39 is 5.97 Å². The molecule has 0 aliphatic carbocycles. The van der Waals surface area contributed by atoms with Crippen LogP contribution in [0.1, 0.15) is 0 Å². The Morgan fingerprint density at radius 1 is 1.30 bits per heavy atom. The van der Waals surface area contributed by atoms with Gasteiger partial charge >= 0.3 is 5.97 Å². The molecule has 0 saturated carbocycles. The summed E-state index contributed by atoms with van der Waals surface area (Å²) in [6.07, 6.45) is 1.16. The number of hydrogen-bond acceptors (Lipinski definition) is 6. The highest BCUT2D eigenvalue weighted by Gasteiger charge is 2.14. The topological polar surface area (TPSA) is 73.6 Å². The van der Waals surface area contributed by atoms with Crippen molar-refractivity contribution in [3.8, 4) is 11.4 Å².